The van der Waals surface area contributed by atoms with Crippen molar-refractivity contribution in [3.05, 3.63) is 29.3 Å². The summed E-state index contributed by atoms with van der Waals surface area (Å²) in [6, 6.07) is 7.60. The smallest absolute Gasteiger partial charge is 0.0743 e. The normalized spacial score (nSPS) is 11.7. The first-order valence-electron chi connectivity index (χ1n) is 4.68. The quantitative estimate of drug-likeness (QED) is 0.644. The second-order valence-electron chi connectivity index (χ2n) is 3.05. The summed E-state index contributed by atoms with van der Waals surface area (Å²) in [5, 5.41) is 10.3. The van der Waals surface area contributed by atoms with Crippen LogP contribution in [-0.4, -0.2) is 17.0 Å². The van der Waals surface area contributed by atoms with Crippen LogP contribution < -0.4 is 0 Å². The average molecular weight is 241 g/mol. The SMILES string of the molecule is CC#CCC(O)CSc1ccc(Cl)cc1. The molecule has 1 unspecified atom stereocenters. The van der Waals surface area contributed by atoms with Crippen LogP contribution in [0, 0.1) is 11.8 Å². The van der Waals surface area contributed by atoms with Crippen LogP contribution in [0.2, 0.25) is 5.02 Å². The van der Waals surface area contributed by atoms with E-state index in [9.17, 15) is 5.11 Å². The molecule has 15 heavy (non-hydrogen) atoms. The zero-order valence-corrected chi connectivity index (χ0v) is 10.1. The van der Waals surface area contributed by atoms with Crippen molar-refractivity contribution in [2.45, 2.75) is 24.3 Å². The molecule has 0 radical (unpaired) electrons. The van der Waals surface area contributed by atoms with Crippen molar-refractivity contribution >= 4 is 23.4 Å². The lowest BCUT2D eigenvalue weighted by Crippen LogP contribution is -2.08. The van der Waals surface area contributed by atoms with Gasteiger partial charge in [0.15, 0.2) is 0 Å². The van der Waals surface area contributed by atoms with Crippen LogP contribution in [0.5, 0.6) is 0 Å². The van der Waals surface area contributed by atoms with E-state index in [0.717, 1.165) is 9.92 Å². The Hall–Kier alpha value is -0.620. The molecule has 80 valence electrons. The van der Waals surface area contributed by atoms with Crippen LogP contribution in [0.15, 0.2) is 29.2 Å². The van der Waals surface area contributed by atoms with Crippen molar-refractivity contribution in [1.29, 1.82) is 0 Å². The van der Waals surface area contributed by atoms with Gasteiger partial charge in [-0.3, -0.25) is 0 Å². The van der Waals surface area contributed by atoms with Crippen LogP contribution in [0.1, 0.15) is 13.3 Å². The van der Waals surface area contributed by atoms with Crippen LogP contribution >= 0.6 is 23.4 Å². The first kappa shape index (κ1) is 12.4. The Morgan fingerprint density at radius 1 is 1.40 bits per heavy atom. The molecule has 0 aliphatic rings. The van der Waals surface area contributed by atoms with E-state index in [4.69, 9.17) is 11.6 Å². The molecule has 0 bridgehead atoms. The Labute approximate surface area is 99.8 Å². The predicted molar refractivity (Wildman–Crippen MR) is 66.2 cm³/mol. The summed E-state index contributed by atoms with van der Waals surface area (Å²) in [5.41, 5.74) is 0. The van der Waals surface area contributed by atoms with E-state index in [-0.39, 0.29) is 6.10 Å². The van der Waals surface area contributed by atoms with E-state index in [1.165, 1.54) is 0 Å². The van der Waals surface area contributed by atoms with Gasteiger partial charge in [0.2, 0.25) is 0 Å². The minimum absolute atomic E-state index is 0.363. The van der Waals surface area contributed by atoms with Gasteiger partial charge in [-0.2, -0.15) is 0 Å². The molecule has 1 nitrogen and oxygen atoms in total. The number of halogens is 1. The summed E-state index contributed by atoms with van der Waals surface area (Å²) >= 11 is 7.38. The third-order valence-electron chi connectivity index (χ3n) is 1.77. The number of benzene rings is 1. The second kappa shape index (κ2) is 6.79. The molecule has 1 aromatic rings. The van der Waals surface area contributed by atoms with Crippen molar-refractivity contribution < 1.29 is 5.11 Å². The van der Waals surface area contributed by atoms with E-state index >= 15 is 0 Å². The van der Waals surface area contributed by atoms with Crippen LogP contribution in [0.25, 0.3) is 0 Å². The standard InChI is InChI=1S/C12H13ClOS/c1-2-3-4-11(14)9-15-12-7-5-10(13)6-8-12/h5-8,11,14H,4,9H2,1H3. The molecule has 0 saturated carbocycles. The molecule has 0 aliphatic heterocycles. The number of aliphatic hydroxyl groups excluding tert-OH is 1. The first-order valence-corrected chi connectivity index (χ1v) is 6.04. The summed E-state index contributed by atoms with van der Waals surface area (Å²) in [6.07, 6.45) is 0.176. The highest BCUT2D eigenvalue weighted by atomic mass is 35.5. The van der Waals surface area contributed by atoms with Crippen molar-refractivity contribution in [2.75, 3.05) is 5.75 Å². The van der Waals surface area contributed by atoms with E-state index in [1.807, 2.05) is 24.3 Å². The summed E-state index contributed by atoms with van der Waals surface area (Å²) in [7, 11) is 0. The molecular formula is C12H13ClOS. The van der Waals surface area contributed by atoms with Gasteiger partial charge in [0.25, 0.3) is 0 Å². The second-order valence-corrected chi connectivity index (χ2v) is 4.58. The highest BCUT2D eigenvalue weighted by molar-refractivity contribution is 7.99. The van der Waals surface area contributed by atoms with E-state index in [0.29, 0.717) is 12.2 Å². The highest BCUT2D eigenvalue weighted by Crippen LogP contribution is 2.21. The van der Waals surface area contributed by atoms with Gasteiger partial charge in [0.1, 0.15) is 0 Å². The Morgan fingerprint density at radius 2 is 2.07 bits per heavy atom. The lowest BCUT2D eigenvalue weighted by molar-refractivity contribution is 0.205. The Kier molecular flexibility index (Phi) is 5.63. The fourth-order valence-electron chi connectivity index (χ4n) is 1.00. The number of thioether (sulfide) groups is 1. The van der Waals surface area contributed by atoms with Crippen molar-refractivity contribution in [2.24, 2.45) is 0 Å². The van der Waals surface area contributed by atoms with Gasteiger partial charge in [-0.15, -0.1) is 23.6 Å². The maximum atomic E-state index is 9.55. The molecule has 1 N–H and O–H groups in total. The molecule has 0 aromatic heterocycles. The Balaban J connectivity index is 2.35. The predicted octanol–water partition coefficient (Wildman–Crippen LogP) is 3.21. The first-order chi connectivity index (χ1) is 7.22. The van der Waals surface area contributed by atoms with E-state index in [2.05, 4.69) is 11.8 Å². The minimum Gasteiger partial charge on any atom is -0.391 e. The van der Waals surface area contributed by atoms with E-state index < -0.39 is 0 Å². The third-order valence-corrected chi connectivity index (χ3v) is 3.18. The maximum Gasteiger partial charge on any atom is 0.0743 e. The zero-order valence-electron chi connectivity index (χ0n) is 8.53. The molecule has 0 amide bonds. The molecular weight excluding hydrogens is 228 g/mol. The summed E-state index contributed by atoms with van der Waals surface area (Å²) < 4.78 is 0. The molecule has 0 aliphatic carbocycles. The van der Waals surface area contributed by atoms with Gasteiger partial charge in [0.05, 0.1) is 6.10 Å². The molecule has 1 aromatic carbocycles. The number of hydrogen-bond acceptors (Lipinski definition) is 2. The van der Waals surface area contributed by atoms with Crippen molar-refractivity contribution in [1.82, 2.24) is 0 Å². The largest absolute Gasteiger partial charge is 0.391 e. The maximum absolute atomic E-state index is 9.55. The molecule has 0 saturated heterocycles. The molecule has 0 spiro atoms. The fourth-order valence-corrected chi connectivity index (χ4v) is 1.96. The van der Waals surface area contributed by atoms with Crippen molar-refractivity contribution in [3.8, 4) is 11.8 Å². The number of aliphatic hydroxyl groups is 1. The highest BCUT2D eigenvalue weighted by Gasteiger charge is 2.02. The number of hydrogen-bond donors (Lipinski definition) is 1. The summed E-state index contributed by atoms with van der Waals surface area (Å²) in [5.74, 6) is 6.29. The molecule has 3 heteroatoms. The fraction of sp³-hybridized carbons (Fsp3) is 0.333. The minimum atomic E-state index is -0.363. The van der Waals surface area contributed by atoms with Gasteiger partial charge in [-0.05, 0) is 31.2 Å². The molecule has 1 atom stereocenters. The summed E-state index contributed by atoms with van der Waals surface area (Å²) in [6.45, 7) is 1.78. The molecule has 1 rings (SSSR count). The molecule has 0 heterocycles. The Morgan fingerprint density at radius 3 is 2.67 bits per heavy atom. The zero-order chi connectivity index (χ0) is 11.1. The number of rotatable bonds is 4. The Bertz CT molecular complexity index is 350. The van der Waals surface area contributed by atoms with Crippen LogP contribution in [0.4, 0.5) is 0 Å². The van der Waals surface area contributed by atoms with Gasteiger partial charge < -0.3 is 5.11 Å². The van der Waals surface area contributed by atoms with Gasteiger partial charge in [-0.1, -0.05) is 11.6 Å². The monoisotopic (exact) mass is 240 g/mol. The van der Waals surface area contributed by atoms with Gasteiger partial charge in [0, 0.05) is 22.1 Å². The van der Waals surface area contributed by atoms with Crippen molar-refractivity contribution in [3.63, 3.8) is 0 Å². The lowest BCUT2D eigenvalue weighted by atomic mass is 10.3. The lowest BCUT2D eigenvalue weighted by Gasteiger charge is -2.06. The molecule has 0 fully saturated rings. The third kappa shape index (κ3) is 5.13. The van der Waals surface area contributed by atoms with Crippen LogP contribution in [0.3, 0.4) is 0 Å². The summed E-state index contributed by atoms with van der Waals surface area (Å²) in [4.78, 5) is 1.11. The van der Waals surface area contributed by atoms with Gasteiger partial charge >= 0.3 is 0 Å². The average Bonchev–Trinajstić information content (AvgIpc) is 2.25. The topological polar surface area (TPSA) is 20.2 Å². The van der Waals surface area contributed by atoms with Crippen LogP contribution in [-0.2, 0) is 0 Å². The van der Waals surface area contributed by atoms with Gasteiger partial charge in [-0.25, -0.2) is 0 Å². The van der Waals surface area contributed by atoms with E-state index in [1.54, 1.807) is 18.7 Å².